The van der Waals surface area contributed by atoms with E-state index in [2.05, 4.69) is 15.9 Å². The highest BCUT2D eigenvalue weighted by Gasteiger charge is 2.28. The van der Waals surface area contributed by atoms with E-state index in [1.807, 2.05) is 24.3 Å². The molecule has 102 valence electrons. The fourth-order valence-electron chi connectivity index (χ4n) is 2.34. The molecule has 0 fully saturated rings. The molecule has 4 heteroatoms. The van der Waals surface area contributed by atoms with Crippen molar-refractivity contribution in [1.82, 2.24) is 0 Å². The fraction of sp³-hybridized carbons (Fsp3) is 0.188. The van der Waals surface area contributed by atoms with E-state index in [1.54, 1.807) is 12.1 Å². The molecule has 1 aliphatic heterocycles. The van der Waals surface area contributed by atoms with Crippen LogP contribution >= 0.6 is 15.9 Å². The summed E-state index contributed by atoms with van der Waals surface area (Å²) in [5, 5.41) is 0. The minimum Gasteiger partial charge on any atom is -0.482 e. The van der Waals surface area contributed by atoms with Crippen LogP contribution in [0.15, 0.2) is 46.9 Å². The second kappa shape index (κ2) is 5.37. The normalized spacial score (nSPS) is 16.6. The van der Waals surface area contributed by atoms with E-state index >= 15 is 0 Å². The highest BCUT2D eigenvalue weighted by atomic mass is 79.9. The minimum absolute atomic E-state index is 0.0456. The minimum atomic E-state index is -0.509. The maximum absolute atomic E-state index is 13.7. The van der Waals surface area contributed by atoms with E-state index in [4.69, 9.17) is 4.74 Å². The average molecular weight is 335 g/mol. The van der Waals surface area contributed by atoms with Crippen molar-refractivity contribution < 1.29 is 13.9 Å². The Morgan fingerprint density at radius 1 is 1.30 bits per heavy atom. The molecule has 1 aliphatic rings. The van der Waals surface area contributed by atoms with Crippen LogP contribution in [0.5, 0.6) is 5.75 Å². The number of halogens is 2. The number of para-hydroxylation sites is 1. The van der Waals surface area contributed by atoms with Gasteiger partial charge in [-0.1, -0.05) is 34.1 Å². The van der Waals surface area contributed by atoms with Gasteiger partial charge < -0.3 is 4.74 Å². The van der Waals surface area contributed by atoms with Crippen LogP contribution in [0.25, 0.3) is 0 Å². The molecule has 0 saturated heterocycles. The Bertz CT molecular complexity index is 644. The van der Waals surface area contributed by atoms with Gasteiger partial charge in [0.1, 0.15) is 11.6 Å². The van der Waals surface area contributed by atoms with Crippen LogP contribution in [-0.2, 0) is 17.6 Å². The van der Waals surface area contributed by atoms with Gasteiger partial charge in [0.25, 0.3) is 0 Å². The monoisotopic (exact) mass is 334 g/mol. The van der Waals surface area contributed by atoms with Gasteiger partial charge in [-0.25, -0.2) is 4.39 Å². The van der Waals surface area contributed by atoms with Gasteiger partial charge in [0, 0.05) is 17.3 Å². The molecule has 1 unspecified atom stereocenters. The zero-order valence-corrected chi connectivity index (χ0v) is 12.2. The third-order valence-corrected chi connectivity index (χ3v) is 3.87. The standard InChI is InChI=1S/C16H12BrFO2/c17-12-5-6-13(18)11(7-12)8-14(19)16-9-10-3-1-2-4-15(10)20-16/h1-7,16H,8-9H2. The van der Waals surface area contributed by atoms with Crippen molar-refractivity contribution in [3.8, 4) is 5.75 Å². The van der Waals surface area contributed by atoms with E-state index < -0.39 is 6.10 Å². The average Bonchev–Trinajstić information content (AvgIpc) is 2.87. The van der Waals surface area contributed by atoms with Gasteiger partial charge in [-0.2, -0.15) is 0 Å². The van der Waals surface area contributed by atoms with Crippen molar-refractivity contribution >= 4 is 21.7 Å². The van der Waals surface area contributed by atoms with Crippen molar-refractivity contribution in [1.29, 1.82) is 0 Å². The number of hydrogen-bond donors (Lipinski definition) is 0. The molecule has 3 rings (SSSR count). The first kappa shape index (κ1) is 13.3. The molecule has 0 radical (unpaired) electrons. The van der Waals surface area contributed by atoms with Gasteiger partial charge in [0.2, 0.25) is 0 Å². The summed E-state index contributed by atoms with van der Waals surface area (Å²) in [7, 11) is 0. The summed E-state index contributed by atoms with van der Waals surface area (Å²) in [4.78, 5) is 12.2. The zero-order valence-electron chi connectivity index (χ0n) is 10.6. The van der Waals surface area contributed by atoms with E-state index in [-0.39, 0.29) is 18.0 Å². The van der Waals surface area contributed by atoms with Gasteiger partial charge in [-0.15, -0.1) is 0 Å². The van der Waals surface area contributed by atoms with Gasteiger partial charge in [-0.05, 0) is 35.4 Å². The number of carbonyl (C=O) groups is 1. The van der Waals surface area contributed by atoms with Crippen LogP contribution in [0.2, 0.25) is 0 Å². The number of carbonyl (C=O) groups excluding carboxylic acids is 1. The lowest BCUT2D eigenvalue weighted by molar-refractivity contribution is -0.124. The lowest BCUT2D eigenvalue weighted by Crippen LogP contribution is -2.27. The molecular weight excluding hydrogens is 323 g/mol. The summed E-state index contributed by atoms with van der Waals surface area (Å²) in [6.07, 6.45) is 0.0972. The van der Waals surface area contributed by atoms with Crippen molar-refractivity contribution in [3.05, 3.63) is 63.9 Å². The molecule has 0 aromatic heterocycles. The van der Waals surface area contributed by atoms with Crippen LogP contribution in [0, 0.1) is 5.82 Å². The molecule has 0 amide bonds. The molecule has 1 heterocycles. The number of hydrogen-bond acceptors (Lipinski definition) is 2. The second-order valence-electron chi connectivity index (χ2n) is 4.80. The smallest absolute Gasteiger partial charge is 0.178 e. The predicted octanol–water partition coefficient (Wildman–Crippen LogP) is 3.70. The summed E-state index contributed by atoms with van der Waals surface area (Å²) < 4.78 is 20.1. The molecule has 20 heavy (non-hydrogen) atoms. The molecular formula is C16H12BrFO2. The molecule has 0 saturated carbocycles. The molecule has 0 spiro atoms. The number of Topliss-reactive ketones (excluding diaryl/α,β-unsaturated/α-hetero) is 1. The Kier molecular flexibility index (Phi) is 3.57. The third-order valence-electron chi connectivity index (χ3n) is 3.38. The van der Waals surface area contributed by atoms with Crippen molar-refractivity contribution in [2.45, 2.75) is 18.9 Å². The summed E-state index contributed by atoms with van der Waals surface area (Å²) in [6, 6.07) is 12.2. The third kappa shape index (κ3) is 2.61. The Morgan fingerprint density at radius 3 is 2.90 bits per heavy atom. The fourth-order valence-corrected chi connectivity index (χ4v) is 2.75. The molecule has 0 N–H and O–H groups in total. The first-order valence-electron chi connectivity index (χ1n) is 6.34. The quantitative estimate of drug-likeness (QED) is 0.855. The summed E-state index contributed by atoms with van der Waals surface area (Å²) in [5.41, 5.74) is 1.42. The van der Waals surface area contributed by atoms with Gasteiger partial charge in [0.05, 0.1) is 0 Å². The Hall–Kier alpha value is -1.68. The van der Waals surface area contributed by atoms with Crippen LogP contribution in [0.1, 0.15) is 11.1 Å². The Balaban J connectivity index is 1.74. The number of benzene rings is 2. The van der Waals surface area contributed by atoms with E-state index in [9.17, 15) is 9.18 Å². The van der Waals surface area contributed by atoms with Crippen molar-refractivity contribution in [2.75, 3.05) is 0 Å². The predicted molar refractivity (Wildman–Crippen MR) is 77.4 cm³/mol. The summed E-state index contributed by atoms with van der Waals surface area (Å²) in [5.74, 6) is 0.288. The lowest BCUT2D eigenvalue weighted by atomic mass is 10.0. The van der Waals surface area contributed by atoms with Gasteiger partial charge in [-0.3, -0.25) is 4.79 Å². The highest BCUT2D eigenvalue weighted by Crippen LogP contribution is 2.29. The molecule has 1 atom stereocenters. The molecule has 2 aromatic carbocycles. The van der Waals surface area contributed by atoms with E-state index in [0.717, 1.165) is 15.8 Å². The molecule has 2 nitrogen and oxygen atoms in total. The van der Waals surface area contributed by atoms with Crippen LogP contribution in [0.3, 0.4) is 0 Å². The maximum atomic E-state index is 13.7. The number of rotatable bonds is 3. The van der Waals surface area contributed by atoms with Crippen LogP contribution < -0.4 is 4.74 Å². The van der Waals surface area contributed by atoms with Gasteiger partial charge >= 0.3 is 0 Å². The van der Waals surface area contributed by atoms with E-state index in [1.165, 1.54) is 6.07 Å². The van der Waals surface area contributed by atoms with Crippen molar-refractivity contribution in [2.24, 2.45) is 0 Å². The molecule has 0 aliphatic carbocycles. The SMILES string of the molecule is O=C(Cc1cc(Br)ccc1F)C1Cc2ccccc2O1. The first-order valence-corrected chi connectivity index (χ1v) is 7.14. The highest BCUT2D eigenvalue weighted by molar-refractivity contribution is 9.10. The molecule has 2 aromatic rings. The summed E-state index contributed by atoms with van der Waals surface area (Å²) >= 11 is 3.28. The van der Waals surface area contributed by atoms with E-state index in [0.29, 0.717) is 12.0 Å². The Labute approximate surface area is 124 Å². The summed E-state index contributed by atoms with van der Waals surface area (Å²) in [6.45, 7) is 0. The first-order chi connectivity index (χ1) is 9.63. The Morgan fingerprint density at radius 2 is 2.10 bits per heavy atom. The maximum Gasteiger partial charge on any atom is 0.178 e. The van der Waals surface area contributed by atoms with Gasteiger partial charge in [0.15, 0.2) is 11.9 Å². The van der Waals surface area contributed by atoms with Crippen LogP contribution in [0.4, 0.5) is 4.39 Å². The topological polar surface area (TPSA) is 26.3 Å². The number of fused-ring (bicyclic) bond motifs is 1. The second-order valence-corrected chi connectivity index (χ2v) is 5.71. The largest absolute Gasteiger partial charge is 0.482 e. The number of ketones is 1. The zero-order chi connectivity index (χ0) is 14.1. The number of ether oxygens (including phenoxy) is 1. The van der Waals surface area contributed by atoms with Crippen LogP contribution in [-0.4, -0.2) is 11.9 Å². The van der Waals surface area contributed by atoms with Crippen molar-refractivity contribution in [3.63, 3.8) is 0 Å². The molecule has 0 bridgehead atoms. The lowest BCUT2D eigenvalue weighted by Gasteiger charge is -2.10.